The van der Waals surface area contributed by atoms with Crippen LogP contribution in [0.1, 0.15) is 44.9 Å². The smallest absolute Gasteiger partial charge is 0.0622 e. The van der Waals surface area contributed by atoms with E-state index < -0.39 is 0 Å². The van der Waals surface area contributed by atoms with Crippen LogP contribution in [0.3, 0.4) is 0 Å². The van der Waals surface area contributed by atoms with Crippen molar-refractivity contribution in [2.24, 2.45) is 5.92 Å². The number of nitrogens with zero attached hydrogens (tertiary/aromatic N) is 2. The monoisotopic (exact) mass is 194 g/mol. The summed E-state index contributed by atoms with van der Waals surface area (Å²) in [6.45, 7) is 2.30. The average molecular weight is 194 g/mol. The Morgan fingerprint density at radius 3 is 2.64 bits per heavy atom. The van der Waals surface area contributed by atoms with Crippen molar-refractivity contribution in [2.75, 3.05) is 20.1 Å². The van der Waals surface area contributed by atoms with Gasteiger partial charge in [0.05, 0.1) is 6.07 Å². The van der Waals surface area contributed by atoms with E-state index in [0.717, 1.165) is 18.9 Å². The van der Waals surface area contributed by atoms with Crippen molar-refractivity contribution < 1.29 is 0 Å². The summed E-state index contributed by atoms with van der Waals surface area (Å²) < 4.78 is 0. The van der Waals surface area contributed by atoms with E-state index in [0.29, 0.717) is 6.42 Å². The summed E-state index contributed by atoms with van der Waals surface area (Å²) in [5, 5.41) is 8.41. The SMILES string of the molecule is CN(CCCC#N)CCC1CCCC1. The van der Waals surface area contributed by atoms with Gasteiger partial charge >= 0.3 is 0 Å². The van der Waals surface area contributed by atoms with E-state index in [1.807, 2.05) is 0 Å². The third kappa shape index (κ3) is 4.62. The second-order valence-electron chi connectivity index (χ2n) is 4.50. The summed E-state index contributed by atoms with van der Waals surface area (Å²) in [5.41, 5.74) is 0. The van der Waals surface area contributed by atoms with E-state index >= 15 is 0 Å². The minimum Gasteiger partial charge on any atom is -0.306 e. The molecule has 2 nitrogen and oxygen atoms in total. The van der Waals surface area contributed by atoms with Gasteiger partial charge in [0.2, 0.25) is 0 Å². The largest absolute Gasteiger partial charge is 0.306 e. The fourth-order valence-electron chi connectivity index (χ4n) is 2.24. The van der Waals surface area contributed by atoms with E-state index in [1.165, 1.54) is 38.6 Å². The topological polar surface area (TPSA) is 27.0 Å². The lowest BCUT2D eigenvalue weighted by molar-refractivity contribution is 0.298. The van der Waals surface area contributed by atoms with Crippen LogP contribution in [-0.4, -0.2) is 25.0 Å². The van der Waals surface area contributed by atoms with Gasteiger partial charge in [0.25, 0.3) is 0 Å². The van der Waals surface area contributed by atoms with Crippen molar-refractivity contribution in [2.45, 2.75) is 44.9 Å². The molecule has 0 atom stereocenters. The van der Waals surface area contributed by atoms with Gasteiger partial charge in [-0.15, -0.1) is 0 Å². The highest BCUT2D eigenvalue weighted by Crippen LogP contribution is 2.27. The maximum absolute atomic E-state index is 8.41. The lowest BCUT2D eigenvalue weighted by Gasteiger charge is -2.18. The molecule has 0 radical (unpaired) electrons. The van der Waals surface area contributed by atoms with Gasteiger partial charge in [-0.3, -0.25) is 0 Å². The van der Waals surface area contributed by atoms with Gasteiger partial charge in [-0.2, -0.15) is 5.26 Å². The number of hydrogen-bond donors (Lipinski definition) is 0. The molecular formula is C12H22N2. The number of hydrogen-bond acceptors (Lipinski definition) is 2. The first-order chi connectivity index (χ1) is 6.83. The van der Waals surface area contributed by atoms with E-state index in [4.69, 9.17) is 5.26 Å². The molecule has 0 spiro atoms. The highest BCUT2D eigenvalue weighted by atomic mass is 15.1. The van der Waals surface area contributed by atoms with Crippen LogP contribution >= 0.6 is 0 Å². The second kappa shape index (κ2) is 6.84. The normalized spacial score (nSPS) is 17.5. The Morgan fingerprint density at radius 2 is 2.00 bits per heavy atom. The van der Waals surface area contributed by atoms with Crippen molar-refractivity contribution >= 4 is 0 Å². The number of rotatable bonds is 6. The molecule has 0 aliphatic heterocycles. The third-order valence-electron chi connectivity index (χ3n) is 3.22. The van der Waals surface area contributed by atoms with Crippen LogP contribution in [0.15, 0.2) is 0 Å². The van der Waals surface area contributed by atoms with Crippen LogP contribution in [0.2, 0.25) is 0 Å². The standard InChI is InChI=1S/C12H22N2/c1-14(10-5-4-9-13)11-8-12-6-2-3-7-12/h12H,2-8,10-11H2,1H3. The molecular weight excluding hydrogens is 172 g/mol. The van der Waals surface area contributed by atoms with Crippen LogP contribution < -0.4 is 0 Å². The van der Waals surface area contributed by atoms with Crippen LogP contribution in [-0.2, 0) is 0 Å². The summed E-state index contributed by atoms with van der Waals surface area (Å²) in [6, 6.07) is 2.19. The van der Waals surface area contributed by atoms with Gasteiger partial charge in [0.15, 0.2) is 0 Å². The second-order valence-corrected chi connectivity index (χ2v) is 4.50. The van der Waals surface area contributed by atoms with Gasteiger partial charge in [0, 0.05) is 6.42 Å². The Bertz CT molecular complexity index is 177. The molecule has 1 aliphatic rings. The van der Waals surface area contributed by atoms with E-state index in [9.17, 15) is 0 Å². The summed E-state index contributed by atoms with van der Waals surface area (Å²) >= 11 is 0. The van der Waals surface area contributed by atoms with Gasteiger partial charge in [-0.25, -0.2) is 0 Å². The Morgan fingerprint density at radius 1 is 1.29 bits per heavy atom. The highest BCUT2D eigenvalue weighted by molar-refractivity contribution is 4.71. The average Bonchev–Trinajstić information content (AvgIpc) is 2.68. The Kier molecular flexibility index (Phi) is 5.63. The first kappa shape index (κ1) is 11.5. The molecule has 80 valence electrons. The fourth-order valence-corrected chi connectivity index (χ4v) is 2.24. The van der Waals surface area contributed by atoms with Crippen molar-refractivity contribution in [3.8, 4) is 6.07 Å². The molecule has 1 aliphatic carbocycles. The molecule has 0 amide bonds. The molecule has 1 fully saturated rings. The summed E-state index contributed by atoms with van der Waals surface area (Å²) in [4.78, 5) is 2.37. The minimum absolute atomic E-state index is 0.702. The van der Waals surface area contributed by atoms with Crippen LogP contribution in [0.5, 0.6) is 0 Å². The molecule has 0 bridgehead atoms. The van der Waals surface area contributed by atoms with E-state index in [2.05, 4.69) is 18.0 Å². The molecule has 0 N–H and O–H groups in total. The van der Waals surface area contributed by atoms with Crippen molar-refractivity contribution in [3.05, 3.63) is 0 Å². The maximum Gasteiger partial charge on any atom is 0.0622 e. The Hall–Kier alpha value is -0.550. The van der Waals surface area contributed by atoms with Crippen molar-refractivity contribution in [1.82, 2.24) is 4.90 Å². The molecule has 1 saturated carbocycles. The quantitative estimate of drug-likeness (QED) is 0.608. The molecule has 0 aromatic carbocycles. The Balaban J connectivity index is 1.97. The number of nitriles is 1. The maximum atomic E-state index is 8.41. The highest BCUT2D eigenvalue weighted by Gasteiger charge is 2.14. The summed E-state index contributed by atoms with van der Waals surface area (Å²) in [5.74, 6) is 0.994. The van der Waals surface area contributed by atoms with Crippen molar-refractivity contribution in [3.63, 3.8) is 0 Å². The molecule has 0 aromatic heterocycles. The zero-order valence-electron chi connectivity index (χ0n) is 9.34. The zero-order chi connectivity index (χ0) is 10.2. The predicted molar refractivity (Wildman–Crippen MR) is 58.9 cm³/mol. The molecule has 1 rings (SSSR count). The summed E-state index contributed by atoms with van der Waals surface area (Å²) in [6.07, 6.45) is 8.89. The Labute approximate surface area is 87.9 Å². The van der Waals surface area contributed by atoms with Crippen LogP contribution in [0.4, 0.5) is 0 Å². The third-order valence-corrected chi connectivity index (χ3v) is 3.22. The van der Waals surface area contributed by atoms with Crippen LogP contribution in [0.25, 0.3) is 0 Å². The van der Waals surface area contributed by atoms with Crippen molar-refractivity contribution in [1.29, 1.82) is 5.26 Å². The number of unbranched alkanes of at least 4 members (excludes halogenated alkanes) is 1. The van der Waals surface area contributed by atoms with Gasteiger partial charge in [-0.1, -0.05) is 25.7 Å². The minimum atomic E-state index is 0.702. The lowest BCUT2D eigenvalue weighted by Crippen LogP contribution is -2.22. The lowest BCUT2D eigenvalue weighted by atomic mass is 10.0. The fraction of sp³-hybridized carbons (Fsp3) is 0.917. The molecule has 14 heavy (non-hydrogen) atoms. The molecule has 0 aromatic rings. The van der Waals surface area contributed by atoms with Gasteiger partial charge in [0.1, 0.15) is 0 Å². The first-order valence-electron chi connectivity index (χ1n) is 5.88. The van der Waals surface area contributed by atoms with E-state index in [1.54, 1.807) is 0 Å². The summed E-state index contributed by atoms with van der Waals surface area (Å²) in [7, 11) is 2.17. The van der Waals surface area contributed by atoms with E-state index in [-0.39, 0.29) is 0 Å². The molecule has 0 unspecified atom stereocenters. The van der Waals surface area contributed by atoms with Gasteiger partial charge in [-0.05, 0) is 38.9 Å². The molecule has 0 saturated heterocycles. The van der Waals surface area contributed by atoms with Crippen LogP contribution in [0, 0.1) is 17.2 Å². The first-order valence-corrected chi connectivity index (χ1v) is 5.88. The molecule has 2 heteroatoms. The predicted octanol–water partition coefficient (Wildman–Crippen LogP) is 2.80. The van der Waals surface area contributed by atoms with Gasteiger partial charge < -0.3 is 4.90 Å². The zero-order valence-corrected chi connectivity index (χ0v) is 9.34. The molecule has 0 heterocycles.